The number of benzene rings is 2. The number of ether oxygens (including phenoxy) is 1. The molecule has 1 aliphatic carbocycles. The van der Waals surface area contributed by atoms with E-state index < -0.39 is 46.7 Å². The molecule has 0 unspecified atom stereocenters. The van der Waals surface area contributed by atoms with Crippen LogP contribution in [0.4, 0.5) is 24.5 Å². The number of hydrogen-bond acceptors (Lipinski definition) is 6. The summed E-state index contributed by atoms with van der Waals surface area (Å²) in [4.78, 5) is 26.3. The van der Waals surface area contributed by atoms with Crippen molar-refractivity contribution in [2.24, 2.45) is 0 Å². The molecule has 0 aromatic heterocycles. The Labute approximate surface area is 214 Å². The van der Waals surface area contributed by atoms with Crippen LogP contribution in [0.15, 0.2) is 30.3 Å². The highest BCUT2D eigenvalue weighted by atomic mass is 127. The van der Waals surface area contributed by atoms with Crippen molar-refractivity contribution in [1.29, 1.82) is 0 Å². The second kappa shape index (κ2) is 10.3. The van der Waals surface area contributed by atoms with E-state index in [1.165, 1.54) is 24.0 Å². The van der Waals surface area contributed by atoms with Crippen LogP contribution in [-0.4, -0.2) is 59.3 Å². The number of nitrogens with one attached hydrogen (secondary N) is 2. The van der Waals surface area contributed by atoms with E-state index in [9.17, 15) is 27.9 Å². The van der Waals surface area contributed by atoms with E-state index in [1.54, 1.807) is 6.07 Å². The van der Waals surface area contributed by atoms with Crippen LogP contribution < -0.4 is 10.6 Å². The summed E-state index contributed by atoms with van der Waals surface area (Å²) in [5.41, 5.74) is -1.77. The molecule has 1 heterocycles. The third kappa shape index (κ3) is 5.56. The predicted molar refractivity (Wildman–Crippen MR) is 131 cm³/mol. The maximum atomic E-state index is 14.7. The van der Waals surface area contributed by atoms with Crippen molar-refractivity contribution >= 4 is 45.8 Å². The zero-order valence-electron chi connectivity index (χ0n) is 18.9. The summed E-state index contributed by atoms with van der Waals surface area (Å²) < 4.78 is 49.2. The first-order valence-corrected chi connectivity index (χ1v) is 12.3. The summed E-state index contributed by atoms with van der Waals surface area (Å²) in [6.45, 7) is 1.55. The van der Waals surface area contributed by atoms with Crippen molar-refractivity contribution in [2.75, 3.05) is 25.0 Å². The number of amides is 1. The first-order chi connectivity index (χ1) is 16.6. The van der Waals surface area contributed by atoms with Crippen LogP contribution in [0, 0.1) is 21.0 Å². The summed E-state index contributed by atoms with van der Waals surface area (Å²) in [5, 5.41) is 15.8. The first kappa shape index (κ1) is 25.7. The number of aliphatic hydroxyl groups excluding tert-OH is 1. The van der Waals surface area contributed by atoms with Gasteiger partial charge in [-0.05, 0) is 72.2 Å². The molecule has 11 heteroatoms. The normalized spacial score (nSPS) is 20.9. The van der Waals surface area contributed by atoms with Crippen molar-refractivity contribution in [3.05, 3.63) is 56.9 Å². The summed E-state index contributed by atoms with van der Waals surface area (Å²) in [7, 11) is 0. The molecule has 0 spiro atoms. The largest absolute Gasteiger partial charge is 0.454 e. The van der Waals surface area contributed by atoms with Gasteiger partial charge in [-0.3, -0.25) is 9.59 Å². The van der Waals surface area contributed by atoms with Gasteiger partial charge >= 0.3 is 5.97 Å². The molecule has 3 N–H and O–H groups in total. The van der Waals surface area contributed by atoms with Gasteiger partial charge in [0.05, 0.1) is 36.1 Å². The van der Waals surface area contributed by atoms with Crippen molar-refractivity contribution in [3.63, 3.8) is 0 Å². The highest BCUT2D eigenvalue weighted by molar-refractivity contribution is 14.1. The topological polar surface area (TPSA) is 90.9 Å². The standard InChI is InChI=1S/C24H25F3IN3O4/c1-13(32)35-24(10-29-19-3-2-4-20(19)33)11-31(12-24)23(34)15-6-7-16(25)21(27)22(15)30-18-8-5-14(28)9-17(18)26/h5-9,19-20,29-30,33H,2-4,10-12H2,1H3/t19-,20-/m0/s1. The van der Waals surface area contributed by atoms with Gasteiger partial charge in [0.15, 0.2) is 17.2 Å². The Hall–Kier alpha value is -2.38. The SMILES string of the molecule is CC(=O)OC1(CN[C@H]2CCC[C@@H]2O)CN(C(=O)c2ccc(F)c(F)c2Nc2ccc(I)cc2F)C1. The number of halogens is 4. The lowest BCUT2D eigenvalue weighted by Gasteiger charge is -2.49. The van der Waals surface area contributed by atoms with E-state index in [4.69, 9.17) is 4.74 Å². The highest BCUT2D eigenvalue weighted by Gasteiger charge is 2.49. The van der Waals surface area contributed by atoms with Gasteiger partial charge in [-0.25, -0.2) is 13.2 Å². The zero-order valence-corrected chi connectivity index (χ0v) is 21.1. The molecule has 1 saturated carbocycles. The van der Waals surface area contributed by atoms with Crippen LogP contribution in [0.1, 0.15) is 36.5 Å². The van der Waals surface area contributed by atoms with Gasteiger partial charge in [-0.15, -0.1) is 0 Å². The number of carbonyl (C=O) groups excluding carboxylic acids is 2. The molecule has 0 radical (unpaired) electrons. The van der Waals surface area contributed by atoms with Crippen LogP contribution in [-0.2, 0) is 9.53 Å². The summed E-state index contributed by atoms with van der Waals surface area (Å²) in [6, 6.07) is 6.01. The Morgan fingerprint density at radius 2 is 1.91 bits per heavy atom. The quantitative estimate of drug-likeness (QED) is 0.331. The molecular formula is C24H25F3IN3O4. The van der Waals surface area contributed by atoms with Gasteiger partial charge < -0.3 is 25.4 Å². The predicted octanol–water partition coefficient (Wildman–Crippen LogP) is 3.71. The number of hydrogen-bond donors (Lipinski definition) is 3. The lowest BCUT2D eigenvalue weighted by molar-refractivity contribution is -0.172. The number of anilines is 2. The Kier molecular flexibility index (Phi) is 7.57. The number of likely N-dealkylation sites (tertiary alicyclic amines) is 1. The molecule has 2 fully saturated rings. The van der Waals surface area contributed by atoms with E-state index >= 15 is 0 Å². The molecule has 7 nitrogen and oxygen atoms in total. The first-order valence-electron chi connectivity index (χ1n) is 11.2. The van der Waals surface area contributed by atoms with E-state index in [0.717, 1.165) is 25.0 Å². The second-order valence-electron chi connectivity index (χ2n) is 8.96. The fourth-order valence-corrected chi connectivity index (χ4v) is 5.01. The molecule has 2 atom stereocenters. The van der Waals surface area contributed by atoms with Crippen LogP contribution in [0.5, 0.6) is 0 Å². The fourth-order valence-electron chi connectivity index (χ4n) is 4.55. The number of nitrogens with zero attached hydrogens (tertiary/aromatic N) is 1. The lowest BCUT2D eigenvalue weighted by atomic mass is 9.91. The van der Waals surface area contributed by atoms with Crippen LogP contribution in [0.25, 0.3) is 0 Å². The third-order valence-corrected chi connectivity index (χ3v) is 6.96. The van der Waals surface area contributed by atoms with Crippen LogP contribution in [0.3, 0.4) is 0 Å². The molecule has 1 amide bonds. The van der Waals surface area contributed by atoms with Gasteiger partial charge in [0, 0.05) is 23.1 Å². The Bertz CT molecular complexity index is 1140. The Balaban J connectivity index is 1.53. The average molecular weight is 603 g/mol. The molecule has 1 aliphatic heterocycles. The van der Waals surface area contributed by atoms with Crippen LogP contribution in [0.2, 0.25) is 0 Å². The van der Waals surface area contributed by atoms with Gasteiger partial charge in [0.25, 0.3) is 5.91 Å². The molecule has 35 heavy (non-hydrogen) atoms. The highest BCUT2D eigenvalue weighted by Crippen LogP contribution is 2.33. The Morgan fingerprint density at radius 1 is 1.17 bits per heavy atom. The maximum absolute atomic E-state index is 14.7. The molecule has 2 aliphatic rings. The molecule has 2 aromatic rings. The van der Waals surface area contributed by atoms with E-state index in [-0.39, 0.29) is 36.9 Å². The van der Waals surface area contributed by atoms with E-state index in [2.05, 4.69) is 10.6 Å². The van der Waals surface area contributed by atoms with Gasteiger partial charge in [-0.2, -0.15) is 0 Å². The number of aliphatic hydroxyl groups is 1. The van der Waals surface area contributed by atoms with Crippen LogP contribution >= 0.6 is 22.6 Å². The van der Waals surface area contributed by atoms with Crippen molar-refractivity contribution in [1.82, 2.24) is 10.2 Å². The van der Waals surface area contributed by atoms with Crippen molar-refractivity contribution < 1.29 is 32.6 Å². The zero-order chi connectivity index (χ0) is 25.3. The molecular weight excluding hydrogens is 578 g/mol. The molecule has 4 rings (SSSR count). The minimum Gasteiger partial charge on any atom is -0.454 e. The van der Waals surface area contributed by atoms with Gasteiger partial charge in [0.2, 0.25) is 0 Å². The minimum atomic E-state index is -1.31. The van der Waals surface area contributed by atoms with Crippen molar-refractivity contribution in [2.45, 2.75) is 43.9 Å². The summed E-state index contributed by atoms with van der Waals surface area (Å²) in [5.74, 6) is -4.32. The van der Waals surface area contributed by atoms with Gasteiger partial charge in [0.1, 0.15) is 5.82 Å². The molecule has 2 aromatic carbocycles. The smallest absolute Gasteiger partial charge is 0.303 e. The summed E-state index contributed by atoms with van der Waals surface area (Å²) >= 11 is 1.92. The molecule has 1 saturated heterocycles. The third-order valence-electron chi connectivity index (χ3n) is 6.29. The average Bonchev–Trinajstić information content (AvgIpc) is 3.18. The molecule has 0 bridgehead atoms. The Morgan fingerprint density at radius 3 is 2.54 bits per heavy atom. The number of esters is 1. The van der Waals surface area contributed by atoms with E-state index in [1.807, 2.05) is 22.6 Å². The fraction of sp³-hybridized carbons (Fsp3) is 0.417. The lowest BCUT2D eigenvalue weighted by Crippen LogP contribution is -2.69. The van der Waals surface area contributed by atoms with Crippen molar-refractivity contribution in [3.8, 4) is 0 Å². The summed E-state index contributed by atoms with van der Waals surface area (Å²) in [6.07, 6.45) is 1.88. The van der Waals surface area contributed by atoms with E-state index in [0.29, 0.717) is 9.99 Å². The second-order valence-corrected chi connectivity index (χ2v) is 10.2. The number of rotatable bonds is 7. The maximum Gasteiger partial charge on any atom is 0.303 e. The molecule has 188 valence electrons. The minimum absolute atomic E-state index is 0.0254. The monoisotopic (exact) mass is 603 g/mol. The van der Waals surface area contributed by atoms with Gasteiger partial charge in [-0.1, -0.05) is 0 Å². The number of carbonyl (C=O) groups is 2.